The number of nitrogens with zero attached hydrogens (tertiary/aromatic N) is 2. The van der Waals surface area contributed by atoms with Gasteiger partial charge >= 0.3 is 0 Å². The SMILES string of the molecule is CN(C)CCN(C)S(=O)(=O)c1c(F)cc(N)cc1F. The molecule has 19 heavy (non-hydrogen) atoms. The fraction of sp³-hybridized carbons (Fsp3) is 0.455. The van der Waals surface area contributed by atoms with Crippen LogP contribution in [0, 0.1) is 11.6 Å². The van der Waals surface area contributed by atoms with E-state index >= 15 is 0 Å². The van der Waals surface area contributed by atoms with Crippen LogP contribution in [0.1, 0.15) is 0 Å². The monoisotopic (exact) mass is 293 g/mol. The molecule has 108 valence electrons. The smallest absolute Gasteiger partial charge is 0.248 e. The molecule has 0 heterocycles. The molecule has 0 aromatic heterocycles. The number of nitrogens with two attached hydrogens (primary N) is 1. The molecule has 0 unspecified atom stereocenters. The summed E-state index contributed by atoms with van der Waals surface area (Å²) in [5.74, 6) is -2.37. The Morgan fingerprint density at radius 2 is 1.58 bits per heavy atom. The van der Waals surface area contributed by atoms with Crippen molar-refractivity contribution in [3.63, 3.8) is 0 Å². The molecule has 0 atom stereocenters. The molecule has 1 aromatic carbocycles. The Bertz CT molecular complexity index is 538. The third-order valence-electron chi connectivity index (χ3n) is 2.55. The first-order chi connectivity index (χ1) is 8.66. The molecule has 0 aliphatic carbocycles. The van der Waals surface area contributed by atoms with Crippen LogP contribution in [0.25, 0.3) is 0 Å². The fourth-order valence-corrected chi connectivity index (χ4v) is 2.69. The Morgan fingerprint density at radius 3 is 2.00 bits per heavy atom. The second-order valence-corrected chi connectivity index (χ2v) is 6.43. The van der Waals surface area contributed by atoms with E-state index in [2.05, 4.69) is 0 Å². The first-order valence-corrected chi connectivity index (χ1v) is 6.96. The van der Waals surface area contributed by atoms with Crippen molar-refractivity contribution in [3.8, 4) is 0 Å². The number of hydrogen-bond acceptors (Lipinski definition) is 4. The third-order valence-corrected chi connectivity index (χ3v) is 4.46. The minimum absolute atomic E-state index is 0.124. The molecule has 5 nitrogen and oxygen atoms in total. The van der Waals surface area contributed by atoms with E-state index in [1.54, 1.807) is 19.0 Å². The molecular weight excluding hydrogens is 276 g/mol. The van der Waals surface area contributed by atoms with E-state index in [0.29, 0.717) is 6.54 Å². The van der Waals surface area contributed by atoms with Gasteiger partial charge in [-0.3, -0.25) is 0 Å². The molecule has 0 fully saturated rings. The second kappa shape index (κ2) is 5.81. The molecule has 1 rings (SSSR count). The van der Waals surface area contributed by atoms with Gasteiger partial charge in [-0.1, -0.05) is 0 Å². The molecule has 1 aromatic rings. The second-order valence-electron chi connectivity index (χ2n) is 4.44. The summed E-state index contributed by atoms with van der Waals surface area (Å²) in [6.45, 7) is 0.562. The molecule has 2 N–H and O–H groups in total. The largest absolute Gasteiger partial charge is 0.399 e. The highest BCUT2D eigenvalue weighted by atomic mass is 32.2. The van der Waals surface area contributed by atoms with E-state index in [0.717, 1.165) is 16.4 Å². The van der Waals surface area contributed by atoms with Crippen LogP contribution in [-0.4, -0.2) is 51.9 Å². The normalized spacial score (nSPS) is 12.4. The molecule has 0 saturated heterocycles. The van der Waals surface area contributed by atoms with Crippen molar-refractivity contribution >= 4 is 15.7 Å². The van der Waals surface area contributed by atoms with E-state index < -0.39 is 26.6 Å². The van der Waals surface area contributed by atoms with Crippen molar-refractivity contribution in [3.05, 3.63) is 23.8 Å². The predicted molar refractivity (Wildman–Crippen MR) is 69.1 cm³/mol. The van der Waals surface area contributed by atoms with Gasteiger partial charge in [0.25, 0.3) is 0 Å². The molecule has 0 amide bonds. The van der Waals surface area contributed by atoms with Crippen molar-refractivity contribution in [1.29, 1.82) is 0 Å². The minimum Gasteiger partial charge on any atom is -0.399 e. The average Bonchev–Trinajstić information content (AvgIpc) is 2.23. The fourth-order valence-electron chi connectivity index (χ4n) is 1.44. The summed E-state index contributed by atoms with van der Waals surface area (Å²) in [6.07, 6.45) is 0. The lowest BCUT2D eigenvalue weighted by Gasteiger charge is -2.20. The first-order valence-electron chi connectivity index (χ1n) is 5.52. The van der Waals surface area contributed by atoms with Gasteiger partial charge in [0.1, 0.15) is 11.6 Å². The highest BCUT2D eigenvalue weighted by Gasteiger charge is 2.28. The van der Waals surface area contributed by atoms with E-state index in [-0.39, 0.29) is 12.2 Å². The quantitative estimate of drug-likeness (QED) is 0.813. The van der Waals surface area contributed by atoms with Crippen LogP contribution in [0.4, 0.5) is 14.5 Å². The number of likely N-dealkylation sites (N-methyl/N-ethyl adjacent to an activating group) is 2. The van der Waals surface area contributed by atoms with E-state index in [1.165, 1.54) is 7.05 Å². The summed E-state index contributed by atoms with van der Waals surface area (Å²) < 4.78 is 52.3. The van der Waals surface area contributed by atoms with Crippen molar-refractivity contribution in [2.75, 3.05) is 40.0 Å². The Labute approximate surface area is 111 Å². The summed E-state index contributed by atoms with van der Waals surface area (Å²) >= 11 is 0. The molecular formula is C11H17F2N3O2S. The van der Waals surface area contributed by atoms with Crippen molar-refractivity contribution in [1.82, 2.24) is 9.21 Å². The number of rotatable bonds is 5. The van der Waals surface area contributed by atoms with Gasteiger partial charge in [0.05, 0.1) is 0 Å². The average molecular weight is 293 g/mol. The van der Waals surface area contributed by atoms with Crippen molar-refractivity contribution in [2.45, 2.75) is 4.90 Å². The van der Waals surface area contributed by atoms with Crippen LogP contribution in [0.2, 0.25) is 0 Å². The van der Waals surface area contributed by atoms with Crippen LogP contribution in [0.15, 0.2) is 17.0 Å². The van der Waals surface area contributed by atoms with Gasteiger partial charge in [-0.15, -0.1) is 0 Å². The summed E-state index contributed by atoms with van der Waals surface area (Å²) in [7, 11) is 0.598. The molecule has 8 heteroatoms. The van der Waals surface area contributed by atoms with Crippen LogP contribution < -0.4 is 5.73 Å². The zero-order chi connectivity index (χ0) is 14.8. The van der Waals surface area contributed by atoms with E-state index in [9.17, 15) is 17.2 Å². The topological polar surface area (TPSA) is 66.6 Å². The maximum absolute atomic E-state index is 13.6. The number of nitrogen functional groups attached to an aromatic ring is 1. The summed E-state index contributed by atoms with van der Waals surface area (Å²) in [6, 6.07) is 1.57. The van der Waals surface area contributed by atoms with Crippen molar-refractivity contribution < 1.29 is 17.2 Å². The Kier molecular flexibility index (Phi) is 4.83. The molecule has 0 spiro atoms. The van der Waals surface area contributed by atoms with Crippen LogP contribution in [0.5, 0.6) is 0 Å². The maximum Gasteiger partial charge on any atom is 0.248 e. The van der Waals surface area contributed by atoms with Gasteiger partial charge < -0.3 is 10.6 Å². The number of anilines is 1. The molecule has 0 aliphatic rings. The van der Waals surface area contributed by atoms with E-state index in [4.69, 9.17) is 5.73 Å². The van der Waals surface area contributed by atoms with Crippen molar-refractivity contribution in [2.24, 2.45) is 0 Å². The van der Waals surface area contributed by atoms with Crippen LogP contribution >= 0.6 is 0 Å². The van der Waals surface area contributed by atoms with Gasteiger partial charge in [0.15, 0.2) is 4.90 Å². The first kappa shape index (κ1) is 15.8. The summed E-state index contributed by atoms with van der Waals surface area (Å²) in [5.41, 5.74) is 5.09. The summed E-state index contributed by atoms with van der Waals surface area (Å²) in [4.78, 5) is 0.796. The predicted octanol–water partition coefficient (Wildman–Crippen LogP) is 0.729. The Balaban J connectivity index is 3.14. The van der Waals surface area contributed by atoms with Gasteiger partial charge in [0, 0.05) is 25.8 Å². The number of sulfonamides is 1. The lowest BCUT2D eigenvalue weighted by atomic mass is 10.3. The number of hydrogen-bond donors (Lipinski definition) is 1. The third kappa shape index (κ3) is 3.62. The minimum atomic E-state index is -4.21. The molecule has 0 aliphatic heterocycles. The molecule has 0 bridgehead atoms. The Hall–Kier alpha value is -1.25. The lowest BCUT2D eigenvalue weighted by Crippen LogP contribution is -2.34. The highest BCUT2D eigenvalue weighted by molar-refractivity contribution is 7.89. The van der Waals surface area contributed by atoms with Gasteiger partial charge in [-0.05, 0) is 26.2 Å². The summed E-state index contributed by atoms with van der Waals surface area (Å²) in [5, 5.41) is 0. The standard InChI is InChI=1S/C11H17F2N3O2S/c1-15(2)4-5-16(3)19(17,18)11-9(12)6-8(14)7-10(11)13/h6-7H,4-5,14H2,1-3H3. The van der Waals surface area contributed by atoms with Gasteiger partial charge in [-0.25, -0.2) is 17.2 Å². The zero-order valence-corrected chi connectivity index (χ0v) is 11.8. The molecule has 0 radical (unpaired) electrons. The number of benzene rings is 1. The van der Waals surface area contributed by atoms with Crippen LogP contribution in [-0.2, 0) is 10.0 Å². The lowest BCUT2D eigenvalue weighted by molar-refractivity contribution is 0.356. The number of halogens is 2. The highest BCUT2D eigenvalue weighted by Crippen LogP contribution is 2.24. The van der Waals surface area contributed by atoms with E-state index in [1.807, 2.05) is 0 Å². The van der Waals surface area contributed by atoms with Gasteiger partial charge in [0.2, 0.25) is 10.0 Å². The zero-order valence-electron chi connectivity index (χ0n) is 11.0. The maximum atomic E-state index is 13.6. The van der Waals surface area contributed by atoms with Gasteiger partial charge in [-0.2, -0.15) is 4.31 Å². The molecule has 0 saturated carbocycles. The Morgan fingerprint density at radius 1 is 1.11 bits per heavy atom. The van der Waals surface area contributed by atoms with Crippen LogP contribution in [0.3, 0.4) is 0 Å².